The molecule has 2 unspecified atom stereocenters. The molecule has 0 aliphatic carbocycles. The van der Waals surface area contributed by atoms with Gasteiger partial charge in [0, 0.05) is 42.4 Å². The minimum absolute atomic E-state index is 0.308. The van der Waals surface area contributed by atoms with E-state index in [1.54, 1.807) is 54.6 Å². The van der Waals surface area contributed by atoms with Crippen molar-refractivity contribution >= 4 is 54.6 Å². The zero-order valence-electron chi connectivity index (χ0n) is 12.5. The fourth-order valence-electron chi connectivity index (χ4n) is 2.14. The van der Waals surface area contributed by atoms with Crippen LogP contribution >= 0.6 is 23.2 Å². The first-order chi connectivity index (χ1) is 10.6. The number of quaternary nitrogens is 1. The molecule has 0 amide bonds. The number of anilines is 1. The number of alkyl halides is 3. The van der Waals surface area contributed by atoms with E-state index in [1.807, 2.05) is 6.07 Å². The van der Waals surface area contributed by atoms with Crippen LogP contribution in [0.4, 0.5) is 15.8 Å². The Balaban J connectivity index is 2.65. The van der Waals surface area contributed by atoms with Crippen LogP contribution in [0.3, 0.4) is 0 Å². The second-order valence-electron chi connectivity index (χ2n) is 5.01. The highest BCUT2D eigenvalue weighted by atomic mass is 35.5. The van der Waals surface area contributed by atoms with Gasteiger partial charge in [-0.15, -0.1) is 8.28 Å². The molecule has 2 rings (SSSR count). The number of para-hydroxylation sites is 2. The fourth-order valence-corrected chi connectivity index (χ4v) is 5.49. The summed E-state index contributed by atoms with van der Waals surface area (Å²) in [4.78, 5) is 0. The molecule has 0 aromatic heterocycles. The zero-order valence-corrected chi connectivity index (χ0v) is 15.7. The Morgan fingerprint density at radius 1 is 1.09 bits per heavy atom. The Bertz CT molecular complexity index is 767. The maximum Gasteiger partial charge on any atom is 0.419 e. The molecule has 0 N–H and O–H groups in total. The van der Waals surface area contributed by atoms with E-state index in [-0.39, 0.29) is 0 Å². The van der Waals surface area contributed by atoms with Crippen molar-refractivity contribution in [1.29, 1.82) is 0 Å². The lowest BCUT2D eigenvalue weighted by Gasteiger charge is -2.41. The van der Waals surface area contributed by atoms with Gasteiger partial charge in [0.15, 0.2) is 5.69 Å². The normalized spacial score (nSPS) is 17.1. The second kappa shape index (κ2) is 6.53. The number of nitrogens with zero attached hydrogens (tertiary/aromatic N) is 2. The molecule has 2 atom stereocenters. The lowest BCUT2D eigenvalue weighted by molar-refractivity contribution is 0.242. The summed E-state index contributed by atoms with van der Waals surface area (Å²) in [7, 11) is -0.644. The predicted molar refractivity (Wildman–Crippen MR) is 100 cm³/mol. The van der Waals surface area contributed by atoms with Crippen molar-refractivity contribution in [2.75, 3.05) is 18.4 Å². The largest absolute Gasteiger partial charge is 0.419 e. The highest BCUT2D eigenvalue weighted by molar-refractivity contribution is 8.33. The van der Waals surface area contributed by atoms with Crippen molar-refractivity contribution in [3.8, 4) is 0 Å². The molecule has 0 radical (unpaired) electrons. The van der Waals surface area contributed by atoms with Crippen molar-refractivity contribution in [2.24, 2.45) is 0 Å². The molecule has 8 heteroatoms. The number of hydrogen-bond acceptors (Lipinski definition) is 2. The molecule has 0 spiro atoms. The standard InChI is InChI=1S/C15H16Cl2FN2OS2/c1-19(13-9-5-3-6-10-13)23(21,22)20(2,15(16,17)18)14-11-7-4-8-12-14/h3-12H,1-2H3/q+1. The molecular weight excluding hydrogens is 378 g/mol. The summed E-state index contributed by atoms with van der Waals surface area (Å²) >= 11 is 16.9. The van der Waals surface area contributed by atoms with Gasteiger partial charge in [0.2, 0.25) is 0 Å². The first-order valence-electron chi connectivity index (χ1n) is 6.65. The van der Waals surface area contributed by atoms with Gasteiger partial charge in [0.1, 0.15) is 0 Å². The van der Waals surface area contributed by atoms with Crippen LogP contribution in [0.15, 0.2) is 60.7 Å². The molecule has 2 aromatic rings. The Kier molecular flexibility index (Phi) is 5.23. The van der Waals surface area contributed by atoms with Crippen LogP contribution < -0.4 is 8.19 Å². The molecule has 0 aliphatic heterocycles. The summed E-state index contributed by atoms with van der Waals surface area (Å²) in [6.07, 6.45) is 0. The van der Waals surface area contributed by atoms with Crippen LogP contribution in [-0.4, -0.2) is 23.0 Å². The molecule has 124 valence electrons. The molecule has 3 nitrogen and oxygen atoms in total. The number of halogens is 3. The summed E-state index contributed by atoms with van der Waals surface area (Å²) in [6, 6.07) is 17.1. The van der Waals surface area contributed by atoms with E-state index < -0.39 is 17.5 Å². The van der Waals surface area contributed by atoms with Crippen LogP contribution in [0.5, 0.6) is 0 Å². The molecule has 0 fully saturated rings. The highest BCUT2D eigenvalue weighted by Gasteiger charge is 2.57. The van der Waals surface area contributed by atoms with E-state index in [4.69, 9.17) is 34.4 Å². The van der Waals surface area contributed by atoms with Gasteiger partial charge in [-0.25, -0.2) is 0 Å². The average Bonchev–Trinajstić information content (AvgIpc) is 2.53. The third-order valence-corrected chi connectivity index (χ3v) is 8.39. The highest BCUT2D eigenvalue weighted by Crippen LogP contribution is 2.43. The van der Waals surface area contributed by atoms with Gasteiger partial charge in [-0.1, -0.05) is 36.4 Å². The lowest BCUT2D eigenvalue weighted by Crippen LogP contribution is -2.63. The Hall–Kier alpha value is -0.920. The van der Waals surface area contributed by atoms with Crippen LogP contribution in [0.25, 0.3) is 0 Å². The van der Waals surface area contributed by atoms with Crippen molar-refractivity contribution in [3.05, 3.63) is 60.7 Å². The van der Waals surface area contributed by atoms with Gasteiger partial charge in [-0.3, -0.25) is 4.31 Å². The first kappa shape index (κ1) is 18.4. The summed E-state index contributed by atoms with van der Waals surface area (Å²) < 4.78 is 25.6. The Labute approximate surface area is 150 Å². The quantitative estimate of drug-likeness (QED) is 0.426. The van der Waals surface area contributed by atoms with Gasteiger partial charge in [0.05, 0.1) is 23.9 Å². The molecule has 0 heterocycles. The van der Waals surface area contributed by atoms with E-state index in [0.717, 1.165) is 0 Å². The van der Waals surface area contributed by atoms with E-state index in [0.29, 0.717) is 11.4 Å². The summed E-state index contributed by atoms with van der Waals surface area (Å²) in [5, 5.41) is 0. The Morgan fingerprint density at radius 2 is 1.52 bits per heavy atom. The first-order valence-corrected chi connectivity index (χ1v) is 9.80. The van der Waals surface area contributed by atoms with E-state index in [1.165, 1.54) is 18.4 Å². The van der Waals surface area contributed by atoms with E-state index in [2.05, 4.69) is 0 Å². The van der Waals surface area contributed by atoms with Crippen LogP contribution in [0.1, 0.15) is 0 Å². The van der Waals surface area contributed by atoms with Gasteiger partial charge in [-0.05, 0) is 12.1 Å². The summed E-state index contributed by atoms with van der Waals surface area (Å²) in [5.41, 5.74) is 0.883. The Morgan fingerprint density at radius 3 is 1.96 bits per heavy atom. The maximum atomic E-state index is 14.7. The average molecular weight is 394 g/mol. The minimum Gasteiger partial charge on any atom is -0.251 e. The van der Waals surface area contributed by atoms with Crippen molar-refractivity contribution in [2.45, 2.75) is 4.71 Å². The van der Waals surface area contributed by atoms with E-state index >= 15 is 0 Å². The van der Waals surface area contributed by atoms with Gasteiger partial charge in [-0.2, -0.15) is 4.21 Å². The third-order valence-electron chi connectivity index (χ3n) is 3.66. The molecule has 0 saturated carbocycles. The number of hydrogen-bond donors (Lipinski definition) is 0. The topological polar surface area (TPSA) is 20.3 Å². The predicted octanol–water partition coefficient (Wildman–Crippen LogP) is 4.39. The van der Waals surface area contributed by atoms with Crippen LogP contribution in [0.2, 0.25) is 0 Å². The van der Waals surface area contributed by atoms with Crippen LogP contribution in [-0.2, 0) is 20.1 Å². The minimum atomic E-state index is -3.50. The number of rotatable bonds is 5. The van der Waals surface area contributed by atoms with Gasteiger partial charge >= 0.3 is 4.71 Å². The monoisotopic (exact) mass is 393 g/mol. The molecule has 0 bridgehead atoms. The molecule has 0 saturated heterocycles. The second-order valence-corrected chi connectivity index (χ2v) is 9.68. The molecular formula is C15H16Cl2FN2OS2+. The summed E-state index contributed by atoms with van der Waals surface area (Å²) in [5.74, 6) is 0. The fraction of sp³-hybridized carbons (Fsp3) is 0.200. The van der Waals surface area contributed by atoms with Crippen molar-refractivity contribution in [1.82, 2.24) is 3.89 Å². The zero-order chi connectivity index (χ0) is 17.3. The SMILES string of the molecule is CN(c1ccccc1)S(=O)(=S)[N+](C)(c1ccccc1)C(F)(Cl)Cl. The lowest BCUT2D eigenvalue weighted by atomic mass is 10.3. The maximum absolute atomic E-state index is 14.7. The molecule has 0 aliphatic rings. The molecule has 23 heavy (non-hydrogen) atoms. The van der Waals surface area contributed by atoms with Gasteiger partial charge < -0.3 is 0 Å². The van der Waals surface area contributed by atoms with Crippen molar-refractivity contribution in [3.63, 3.8) is 0 Å². The number of benzene rings is 2. The third kappa shape index (κ3) is 3.19. The molecule has 2 aromatic carbocycles. The van der Waals surface area contributed by atoms with Crippen LogP contribution in [0, 0.1) is 0 Å². The van der Waals surface area contributed by atoms with Gasteiger partial charge in [0.25, 0.3) is 8.86 Å². The smallest absolute Gasteiger partial charge is 0.251 e. The van der Waals surface area contributed by atoms with Crippen molar-refractivity contribution < 1.29 is 8.60 Å². The summed E-state index contributed by atoms with van der Waals surface area (Å²) in [6.45, 7) is 0. The van der Waals surface area contributed by atoms with E-state index in [9.17, 15) is 8.60 Å².